The molecule has 0 spiro atoms. The van der Waals surface area contributed by atoms with Crippen LogP contribution in [0, 0.1) is 46.3 Å². The molecule has 3 aliphatic rings. The molecular formula is C29H46O5. The van der Waals surface area contributed by atoms with Gasteiger partial charge in [0.15, 0.2) is 0 Å². The Kier molecular flexibility index (Phi) is 8.46. The van der Waals surface area contributed by atoms with Crippen molar-refractivity contribution in [2.45, 2.75) is 112 Å². The second-order valence-corrected chi connectivity index (χ2v) is 12.5. The van der Waals surface area contributed by atoms with Crippen molar-refractivity contribution in [3.8, 4) is 0 Å². The maximum absolute atomic E-state index is 14.0. The van der Waals surface area contributed by atoms with Crippen LogP contribution in [0.4, 0.5) is 0 Å². The van der Waals surface area contributed by atoms with Crippen LogP contribution in [0.25, 0.3) is 0 Å². The zero-order valence-electron chi connectivity index (χ0n) is 22.2. The van der Waals surface area contributed by atoms with Gasteiger partial charge in [0.1, 0.15) is 24.0 Å². The van der Waals surface area contributed by atoms with E-state index in [2.05, 4.69) is 34.6 Å². The quantitative estimate of drug-likeness (QED) is 0.304. The Morgan fingerprint density at radius 3 is 2.41 bits per heavy atom. The molecule has 0 amide bonds. The molecule has 0 radical (unpaired) electrons. The van der Waals surface area contributed by atoms with Crippen LogP contribution >= 0.6 is 0 Å². The molecule has 0 aliphatic heterocycles. The van der Waals surface area contributed by atoms with Crippen molar-refractivity contribution in [3.05, 3.63) is 0 Å². The lowest BCUT2D eigenvalue weighted by atomic mass is 9.52. The van der Waals surface area contributed by atoms with Crippen LogP contribution in [0.15, 0.2) is 0 Å². The summed E-state index contributed by atoms with van der Waals surface area (Å²) in [5.41, 5.74) is -0.689. The fourth-order valence-electron chi connectivity index (χ4n) is 7.92. The first kappa shape index (κ1) is 27.1. The molecule has 3 fully saturated rings. The fraction of sp³-hybridized carbons (Fsp3) is 0.862. The zero-order chi connectivity index (χ0) is 25.3. The summed E-state index contributed by atoms with van der Waals surface area (Å²) in [4.78, 5) is 50.3. The lowest BCUT2D eigenvalue weighted by Crippen LogP contribution is -2.52. The van der Waals surface area contributed by atoms with Gasteiger partial charge < -0.3 is 9.53 Å². The van der Waals surface area contributed by atoms with Crippen LogP contribution in [0.3, 0.4) is 0 Å². The average Bonchev–Trinajstić information content (AvgIpc) is 3.09. The van der Waals surface area contributed by atoms with E-state index in [0.717, 1.165) is 57.7 Å². The van der Waals surface area contributed by atoms with Crippen molar-refractivity contribution in [2.75, 3.05) is 0 Å². The Hall–Kier alpha value is -1.52. The summed E-state index contributed by atoms with van der Waals surface area (Å²) in [5.74, 6) is 1.36. The van der Waals surface area contributed by atoms with Gasteiger partial charge in [0, 0.05) is 37.0 Å². The van der Waals surface area contributed by atoms with Gasteiger partial charge in [-0.3, -0.25) is 14.4 Å². The van der Waals surface area contributed by atoms with Gasteiger partial charge in [0.25, 0.3) is 0 Å². The van der Waals surface area contributed by atoms with Gasteiger partial charge in [-0.25, -0.2) is 0 Å². The van der Waals surface area contributed by atoms with E-state index in [4.69, 9.17) is 4.74 Å². The predicted octanol–water partition coefficient (Wildman–Crippen LogP) is 5.97. The van der Waals surface area contributed by atoms with Gasteiger partial charge in [-0.2, -0.15) is 0 Å². The monoisotopic (exact) mass is 474 g/mol. The molecular weight excluding hydrogens is 428 g/mol. The smallest absolute Gasteiger partial charge is 0.302 e. The van der Waals surface area contributed by atoms with E-state index in [1.54, 1.807) is 0 Å². The van der Waals surface area contributed by atoms with Gasteiger partial charge in [-0.1, -0.05) is 34.6 Å². The summed E-state index contributed by atoms with van der Waals surface area (Å²) in [6, 6.07) is 0. The summed E-state index contributed by atoms with van der Waals surface area (Å²) in [5, 5.41) is 0. The molecule has 5 nitrogen and oxygen atoms in total. The lowest BCUT2D eigenvalue weighted by Gasteiger charge is -2.51. The fourth-order valence-corrected chi connectivity index (χ4v) is 7.92. The number of hydrogen-bond donors (Lipinski definition) is 0. The Bertz CT molecular complexity index is 787. The second kappa shape index (κ2) is 10.6. The van der Waals surface area contributed by atoms with Crippen molar-refractivity contribution in [3.63, 3.8) is 0 Å². The second-order valence-electron chi connectivity index (χ2n) is 12.5. The first-order chi connectivity index (χ1) is 15.9. The van der Waals surface area contributed by atoms with Crippen molar-refractivity contribution in [1.82, 2.24) is 0 Å². The molecule has 0 N–H and O–H groups in total. The van der Waals surface area contributed by atoms with E-state index < -0.39 is 0 Å². The summed E-state index contributed by atoms with van der Waals surface area (Å²) in [6.45, 7) is 12.1. The molecule has 0 heterocycles. The van der Waals surface area contributed by atoms with Crippen molar-refractivity contribution in [2.24, 2.45) is 46.3 Å². The van der Waals surface area contributed by atoms with Gasteiger partial charge in [-0.05, 0) is 80.5 Å². The zero-order valence-corrected chi connectivity index (χ0v) is 22.2. The third-order valence-corrected chi connectivity index (χ3v) is 10.1. The molecule has 3 rings (SSSR count). The normalized spacial score (nSPS) is 38.9. The largest absolute Gasteiger partial charge is 0.463 e. The number of ether oxygens (including phenoxy) is 1. The number of hydrogen-bond acceptors (Lipinski definition) is 5. The highest BCUT2D eigenvalue weighted by molar-refractivity contribution is 5.88. The first-order valence-corrected chi connectivity index (χ1v) is 13.6. The van der Waals surface area contributed by atoms with Crippen molar-refractivity contribution < 1.29 is 23.9 Å². The summed E-state index contributed by atoms with van der Waals surface area (Å²) >= 11 is 0. The van der Waals surface area contributed by atoms with E-state index in [1.165, 1.54) is 6.92 Å². The van der Waals surface area contributed by atoms with Crippen molar-refractivity contribution in [1.29, 1.82) is 0 Å². The van der Waals surface area contributed by atoms with Crippen LogP contribution in [-0.2, 0) is 23.9 Å². The van der Waals surface area contributed by atoms with Crippen LogP contribution < -0.4 is 0 Å². The highest BCUT2D eigenvalue weighted by atomic mass is 16.5. The van der Waals surface area contributed by atoms with Gasteiger partial charge >= 0.3 is 5.97 Å². The van der Waals surface area contributed by atoms with E-state index in [1.807, 2.05) is 0 Å². The maximum Gasteiger partial charge on any atom is 0.302 e. The van der Waals surface area contributed by atoms with E-state index in [-0.39, 0.29) is 52.5 Å². The van der Waals surface area contributed by atoms with Gasteiger partial charge in [0.05, 0.1) is 0 Å². The number of rotatable bonds is 9. The molecule has 192 valence electrons. The maximum atomic E-state index is 14.0. The molecule has 8 atom stereocenters. The van der Waals surface area contributed by atoms with E-state index >= 15 is 0 Å². The molecule has 2 unspecified atom stereocenters. The predicted molar refractivity (Wildman–Crippen MR) is 132 cm³/mol. The van der Waals surface area contributed by atoms with E-state index in [9.17, 15) is 19.2 Å². The van der Waals surface area contributed by atoms with Crippen LogP contribution in [0.2, 0.25) is 0 Å². The topological polar surface area (TPSA) is 77.5 Å². The molecule has 0 aromatic heterocycles. The Morgan fingerprint density at radius 2 is 1.79 bits per heavy atom. The van der Waals surface area contributed by atoms with Crippen LogP contribution in [-0.4, -0.2) is 29.9 Å². The van der Waals surface area contributed by atoms with Crippen molar-refractivity contribution >= 4 is 23.8 Å². The summed E-state index contributed by atoms with van der Waals surface area (Å²) in [6.07, 6.45) is 8.78. The number of carbonyl (C=O) groups excluding carboxylic acids is 4. The molecule has 3 saturated carbocycles. The highest BCUT2D eigenvalue weighted by Crippen LogP contribution is 2.60. The number of ketones is 2. The minimum Gasteiger partial charge on any atom is -0.463 e. The van der Waals surface area contributed by atoms with Gasteiger partial charge in [-0.15, -0.1) is 0 Å². The number of esters is 1. The molecule has 3 aliphatic carbocycles. The Morgan fingerprint density at radius 1 is 1.09 bits per heavy atom. The third-order valence-electron chi connectivity index (χ3n) is 10.1. The molecule has 0 bridgehead atoms. The summed E-state index contributed by atoms with van der Waals surface area (Å²) in [7, 11) is 0. The molecule has 5 heteroatoms. The van der Waals surface area contributed by atoms with Crippen LogP contribution in [0.5, 0.6) is 0 Å². The number of Topliss-reactive ketones (excluding diaryl/α,β-unsaturated/α-hetero) is 2. The third kappa shape index (κ3) is 5.18. The molecule has 0 aromatic carbocycles. The Labute approximate surface area is 206 Å². The average molecular weight is 475 g/mol. The summed E-state index contributed by atoms with van der Waals surface area (Å²) < 4.78 is 5.49. The Balaban J connectivity index is 1.77. The van der Waals surface area contributed by atoms with Gasteiger partial charge in [0.2, 0.25) is 0 Å². The van der Waals surface area contributed by atoms with Crippen LogP contribution in [0.1, 0.15) is 106 Å². The number of aldehydes is 1. The number of fused-ring (bicyclic) bond motifs is 1. The minimum atomic E-state index is -0.377. The standard InChI is InChI=1S/C29H46O5/c1-18(2)7-12-26(32)19(3)24-10-11-25(29(24,6)15-16-30)23-9-8-21-17-22(34-20(4)31)13-14-28(21,5)27(23)33/h16,18-19,21-25H,7-15,17H2,1-6H3/t19-,21-,22-,23?,24+,25?,28-,29+/m0/s1. The number of carbonyl (C=O) groups is 4. The minimum absolute atomic E-state index is 0.0422. The molecule has 34 heavy (non-hydrogen) atoms. The highest BCUT2D eigenvalue weighted by Gasteiger charge is 2.58. The molecule has 0 saturated heterocycles. The molecule has 0 aromatic rings. The first-order valence-electron chi connectivity index (χ1n) is 13.6. The van der Waals surface area contributed by atoms with E-state index in [0.29, 0.717) is 30.3 Å². The SMILES string of the molecule is CC(=O)O[C@H]1CC[C@]2(C)C(=O)C(C3CC[C@H]([C@H](C)C(=O)CCC(C)C)[C@@]3(C)CC=O)CC[C@H]2C1. The lowest BCUT2D eigenvalue weighted by molar-refractivity contribution is -0.158.